The van der Waals surface area contributed by atoms with Crippen LogP contribution in [-0.4, -0.2) is 18.2 Å². The van der Waals surface area contributed by atoms with Gasteiger partial charge in [-0.3, -0.25) is 0 Å². The third kappa shape index (κ3) is 3.22. The van der Waals surface area contributed by atoms with Crippen molar-refractivity contribution in [2.24, 2.45) is 5.41 Å². The van der Waals surface area contributed by atoms with Gasteiger partial charge in [-0.15, -0.1) is 0 Å². The van der Waals surface area contributed by atoms with Crippen LogP contribution >= 0.6 is 0 Å². The molecule has 0 radical (unpaired) electrons. The van der Waals surface area contributed by atoms with E-state index < -0.39 is 20.8 Å². The van der Waals surface area contributed by atoms with Gasteiger partial charge in [0, 0.05) is 5.41 Å². The van der Waals surface area contributed by atoms with Gasteiger partial charge in [-0.25, -0.2) is 8.42 Å². The summed E-state index contributed by atoms with van der Waals surface area (Å²) in [5.41, 5.74) is -0.588. The van der Waals surface area contributed by atoms with Crippen LogP contribution in [-0.2, 0) is 10.1 Å². The number of hydrogen-bond donors (Lipinski definition) is 0. The molecule has 1 rings (SSSR count). The van der Waals surface area contributed by atoms with E-state index in [4.69, 9.17) is 0 Å². The van der Waals surface area contributed by atoms with E-state index in [1.807, 2.05) is 0 Å². The van der Waals surface area contributed by atoms with Gasteiger partial charge in [0.15, 0.2) is 0 Å². The summed E-state index contributed by atoms with van der Waals surface area (Å²) >= 11 is 0. The molecule has 3 nitrogen and oxygen atoms in total. The maximum atomic E-state index is 10.8. The van der Waals surface area contributed by atoms with Gasteiger partial charge in [0.25, 0.3) is 0 Å². The first-order valence-electron chi connectivity index (χ1n) is 3.65. The van der Waals surface area contributed by atoms with Crippen LogP contribution in [0.15, 0.2) is 24.3 Å². The molecule has 0 heterocycles. The third-order valence-corrected chi connectivity index (χ3v) is 3.35. The Labute approximate surface area is 101 Å². The van der Waals surface area contributed by atoms with Gasteiger partial charge in [-0.1, -0.05) is 38.2 Å². The van der Waals surface area contributed by atoms with Gasteiger partial charge in [0.1, 0.15) is 10.1 Å². The molecule has 1 unspecified atom stereocenters. The molecular formula is C8H11NaO3S. The Morgan fingerprint density at radius 1 is 1.31 bits per heavy atom. The molecule has 0 spiro atoms. The quantitative estimate of drug-likeness (QED) is 0.373. The average Bonchev–Trinajstić information content (AvgIpc) is 1.83. The fraction of sp³-hybridized carbons (Fsp3) is 0.500. The monoisotopic (exact) mass is 210 g/mol. The molecule has 0 aromatic carbocycles. The topological polar surface area (TPSA) is 57.2 Å². The van der Waals surface area contributed by atoms with E-state index in [-0.39, 0.29) is 29.6 Å². The zero-order valence-electron chi connectivity index (χ0n) is 8.02. The van der Waals surface area contributed by atoms with E-state index >= 15 is 0 Å². The first-order valence-corrected chi connectivity index (χ1v) is 5.12. The fourth-order valence-corrected chi connectivity index (χ4v) is 2.39. The summed E-state index contributed by atoms with van der Waals surface area (Å²) in [4.78, 5) is 0. The Morgan fingerprint density at radius 3 is 2.15 bits per heavy atom. The molecule has 0 aliphatic heterocycles. The summed E-state index contributed by atoms with van der Waals surface area (Å²) in [6.45, 7) is 3.46. The third-order valence-electron chi connectivity index (χ3n) is 1.97. The summed E-state index contributed by atoms with van der Waals surface area (Å²) in [6.07, 6.45) is 6.50. The summed E-state index contributed by atoms with van der Waals surface area (Å²) in [5, 5.41) is -0.935. The Morgan fingerprint density at radius 2 is 1.85 bits per heavy atom. The van der Waals surface area contributed by atoms with Crippen LogP contribution in [0.1, 0.15) is 13.8 Å². The van der Waals surface area contributed by atoms with E-state index in [0.717, 1.165) is 0 Å². The standard InChI is InChI=1S/C8H12O3S.Na/c1-8(2)6-4-3-5-7(8)12(9,10)11;/h3-7H,1-2H3,(H,9,10,11);/q;+1/p-1. The van der Waals surface area contributed by atoms with Crippen LogP contribution < -0.4 is 29.6 Å². The maximum absolute atomic E-state index is 10.8. The molecular weight excluding hydrogens is 199 g/mol. The van der Waals surface area contributed by atoms with Gasteiger partial charge >= 0.3 is 29.6 Å². The molecule has 5 heteroatoms. The van der Waals surface area contributed by atoms with Gasteiger partial charge in [-0.2, -0.15) is 0 Å². The normalized spacial score (nSPS) is 25.3. The number of rotatable bonds is 1. The molecule has 0 N–H and O–H groups in total. The first-order chi connectivity index (χ1) is 5.34. The molecule has 13 heavy (non-hydrogen) atoms. The molecule has 68 valence electrons. The summed E-state index contributed by atoms with van der Waals surface area (Å²) in [5.74, 6) is 0. The van der Waals surface area contributed by atoms with Gasteiger partial charge < -0.3 is 4.55 Å². The second kappa shape index (κ2) is 4.28. The van der Waals surface area contributed by atoms with Crippen molar-refractivity contribution in [3.8, 4) is 0 Å². The Bertz CT molecular complexity index is 327. The number of allylic oxidation sites excluding steroid dienone is 3. The SMILES string of the molecule is CC1(C)C=CC=CC1S(=O)(=O)[O-].[Na+]. The van der Waals surface area contributed by atoms with E-state index in [1.165, 1.54) is 6.08 Å². The van der Waals surface area contributed by atoms with Crippen LogP contribution in [0, 0.1) is 5.41 Å². The van der Waals surface area contributed by atoms with Crippen molar-refractivity contribution < 1.29 is 42.5 Å². The van der Waals surface area contributed by atoms with Crippen molar-refractivity contribution in [2.45, 2.75) is 19.1 Å². The van der Waals surface area contributed by atoms with Crippen LogP contribution in [0.25, 0.3) is 0 Å². The largest absolute Gasteiger partial charge is 1.00 e. The van der Waals surface area contributed by atoms with Crippen molar-refractivity contribution in [3.05, 3.63) is 24.3 Å². The van der Waals surface area contributed by atoms with Crippen LogP contribution in [0.5, 0.6) is 0 Å². The second-order valence-electron chi connectivity index (χ2n) is 3.48. The molecule has 0 aromatic heterocycles. The molecule has 0 saturated carbocycles. The Kier molecular flexibility index (Phi) is 4.40. The van der Waals surface area contributed by atoms with Gasteiger partial charge in [0.2, 0.25) is 0 Å². The van der Waals surface area contributed by atoms with Crippen molar-refractivity contribution in [2.75, 3.05) is 0 Å². The Hall–Kier alpha value is 0.390. The molecule has 0 saturated heterocycles. The molecule has 1 atom stereocenters. The maximum Gasteiger partial charge on any atom is 1.00 e. The summed E-state index contributed by atoms with van der Waals surface area (Å²) < 4.78 is 32.3. The van der Waals surface area contributed by atoms with Crippen LogP contribution in [0.2, 0.25) is 0 Å². The smallest absolute Gasteiger partial charge is 0.747 e. The van der Waals surface area contributed by atoms with Crippen molar-refractivity contribution >= 4 is 10.1 Å². The zero-order valence-corrected chi connectivity index (χ0v) is 10.8. The van der Waals surface area contributed by atoms with Crippen LogP contribution in [0.4, 0.5) is 0 Å². The van der Waals surface area contributed by atoms with Gasteiger partial charge in [-0.05, 0) is 0 Å². The number of hydrogen-bond acceptors (Lipinski definition) is 3. The molecule has 0 bridgehead atoms. The predicted octanol–water partition coefficient (Wildman–Crippen LogP) is -1.94. The molecule has 0 fully saturated rings. The van der Waals surface area contributed by atoms with Gasteiger partial charge in [0.05, 0.1) is 5.25 Å². The minimum absolute atomic E-state index is 0. The van der Waals surface area contributed by atoms with E-state index in [1.54, 1.807) is 32.1 Å². The molecule has 0 amide bonds. The summed E-state index contributed by atoms with van der Waals surface area (Å²) in [7, 11) is -4.22. The molecule has 1 aliphatic rings. The minimum atomic E-state index is -4.22. The van der Waals surface area contributed by atoms with E-state index in [0.29, 0.717) is 0 Å². The molecule has 1 aliphatic carbocycles. The van der Waals surface area contributed by atoms with Crippen molar-refractivity contribution in [3.63, 3.8) is 0 Å². The van der Waals surface area contributed by atoms with Crippen molar-refractivity contribution in [1.29, 1.82) is 0 Å². The fourth-order valence-electron chi connectivity index (χ4n) is 1.28. The van der Waals surface area contributed by atoms with Crippen LogP contribution in [0.3, 0.4) is 0 Å². The van der Waals surface area contributed by atoms with E-state index in [9.17, 15) is 13.0 Å². The zero-order chi connectivity index (χ0) is 9.41. The predicted molar refractivity (Wildman–Crippen MR) is 45.5 cm³/mol. The average molecular weight is 210 g/mol. The molecule has 0 aromatic rings. The second-order valence-corrected chi connectivity index (χ2v) is 4.97. The van der Waals surface area contributed by atoms with E-state index in [2.05, 4.69) is 0 Å². The minimum Gasteiger partial charge on any atom is -0.747 e. The van der Waals surface area contributed by atoms with Crippen molar-refractivity contribution in [1.82, 2.24) is 0 Å². The summed E-state index contributed by atoms with van der Waals surface area (Å²) in [6, 6.07) is 0. The Balaban J connectivity index is 0.00000144. The first kappa shape index (κ1) is 13.4.